The van der Waals surface area contributed by atoms with Crippen molar-refractivity contribution >= 4 is 11.4 Å². The van der Waals surface area contributed by atoms with Gasteiger partial charge in [0.05, 0.1) is 30.1 Å². The van der Waals surface area contributed by atoms with Crippen LogP contribution in [0.1, 0.15) is 5.56 Å². The lowest BCUT2D eigenvalue weighted by Gasteiger charge is -2.07. The highest BCUT2D eigenvalue weighted by molar-refractivity contribution is 5.70. The maximum absolute atomic E-state index is 8.55. The Bertz CT molecular complexity index is 318. The average molecular weight is 163 g/mol. The molecule has 0 amide bonds. The maximum atomic E-state index is 8.55. The summed E-state index contributed by atoms with van der Waals surface area (Å²) in [5, 5.41) is 8.55. The van der Waals surface area contributed by atoms with Crippen molar-refractivity contribution in [1.82, 2.24) is 0 Å². The molecule has 0 aliphatic heterocycles. The number of nitrogens with two attached hydrogens (primary N) is 2. The van der Waals surface area contributed by atoms with Crippen LogP contribution in [0.25, 0.3) is 0 Å². The van der Waals surface area contributed by atoms with Crippen LogP contribution in [0.15, 0.2) is 12.1 Å². The van der Waals surface area contributed by atoms with Crippen molar-refractivity contribution < 1.29 is 4.74 Å². The molecule has 0 fully saturated rings. The minimum atomic E-state index is 0.383. The van der Waals surface area contributed by atoms with Crippen molar-refractivity contribution in [3.63, 3.8) is 0 Å². The molecule has 0 unspecified atom stereocenters. The average Bonchev–Trinajstić information content (AvgIpc) is 2.03. The first kappa shape index (κ1) is 8.21. The molecule has 12 heavy (non-hydrogen) atoms. The van der Waals surface area contributed by atoms with Crippen molar-refractivity contribution in [2.24, 2.45) is 0 Å². The monoisotopic (exact) mass is 163 g/mol. The SMILES string of the molecule is COc1c(N)cc(C#N)cc1N. The van der Waals surface area contributed by atoms with Crippen LogP contribution in [0.5, 0.6) is 5.75 Å². The van der Waals surface area contributed by atoms with Gasteiger partial charge in [-0.1, -0.05) is 0 Å². The quantitative estimate of drug-likeness (QED) is 0.597. The number of ether oxygens (including phenoxy) is 1. The second-order valence-electron chi connectivity index (χ2n) is 2.30. The summed E-state index contributed by atoms with van der Waals surface area (Å²) in [6, 6.07) is 4.99. The van der Waals surface area contributed by atoms with Crippen LogP contribution >= 0.6 is 0 Å². The van der Waals surface area contributed by atoms with Crippen LogP contribution in [0.4, 0.5) is 11.4 Å². The molecule has 1 rings (SSSR count). The molecule has 0 spiro atoms. The van der Waals surface area contributed by atoms with Crippen molar-refractivity contribution in [3.05, 3.63) is 17.7 Å². The van der Waals surface area contributed by atoms with Crippen molar-refractivity contribution in [1.29, 1.82) is 5.26 Å². The van der Waals surface area contributed by atoms with Gasteiger partial charge in [0.1, 0.15) is 0 Å². The molecule has 4 heteroatoms. The van der Waals surface area contributed by atoms with Gasteiger partial charge in [-0.3, -0.25) is 0 Å². The molecule has 4 N–H and O–H groups in total. The number of methoxy groups -OCH3 is 1. The van der Waals surface area contributed by atoms with Crippen LogP contribution in [0.3, 0.4) is 0 Å². The molecule has 0 radical (unpaired) electrons. The van der Waals surface area contributed by atoms with Crippen LogP contribution in [0.2, 0.25) is 0 Å². The van der Waals surface area contributed by atoms with E-state index in [1.165, 1.54) is 19.2 Å². The van der Waals surface area contributed by atoms with E-state index < -0.39 is 0 Å². The van der Waals surface area contributed by atoms with Gasteiger partial charge >= 0.3 is 0 Å². The summed E-state index contributed by atoms with van der Waals surface area (Å²) < 4.78 is 4.92. The summed E-state index contributed by atoms with van der Waals surface area (Å²) in [5.74, 6) is 0.425. The Morgan fingerprint density at radius 3 is 2.17 bits per heavy atom. The van der Waals surface area contributed by atoms with Crippen LogP contribution < -0.4 is 16.2 Å². The molecule has 1 aromatic carbocycles. The van der Waals surface area contributed by atoms with Gasteiger partial charge in [-0.2, -0.15) is 5.26 Å². The lowest BCUT2D eigenvalue weighted by molar-refractivity contribution is 0.419. The Balaban J connectivity index is 3.30. The second-order valence-corrected chi connectivity index (χ2v) is 2.30. The molecular formula is C8H9N3O. The van der Waals surface area contributed by atoms with Crippen molar-refractivity contribution in [2.45, 2.75) is 0 Å². The summed E-state index contributed by atoms with van der Waals surface area (Å²) in [5.41, 5.74) is 12.3. The molecule has 4 nitrogen and oxygen atoms in total. The van der Waals surface area contributed by atoms with Gasteiger partial charge in [0, 0.05) is 0 Å². The third kappa shape index (κ3) is 1.25. The Morgan fingerprint density at radius 2 is 1.83 bits per heavy atom. The molecule has 1 aromatic rings. The highest BCUT2D eigenvalue weighted by atomic mass is 16.5. The smallest absolute Gasteiger partial charge is 0.164 e. The Hall–Kier alpha value is -1.89. The van der Waals surface area contributed by atoms with Crippen molar-refractivity contribution in [2.75, 3.05) is 18.6 Å². The standard InChI is InChI=1S/C8H9N3O/c1-12-8-6(10)2-5(4-9)3-7(8)11/h2-3H,10-11H2,1H3. The normalized spacial score (nSPS) is 9.00. The zero-order chi connectivity index (χ0) is 9.14. The number of anilines is 2. The van der Waals surface area contributed by atoms with E-state index in [1.54, 1.807) is 0 Å². The van der Waals surface area contributed by atoms with E-state index in [0.717, 1.165) is 0 Å². The number of rotatable bonds is 1. The largest absolute Gasteiger partial charge is 0.492 e. The Labute approximate surface area is 70.3 Å². The molecule has 0 atom stereocenters. The van der Waals surface area contributed by atoms with Gasteiger partial charge in [0.2, 0.25) is 0 Å². The van der Waals surface area contributed by atoms with E-state index in [2.05, 4.69) is 0 Å². The number of nitrogen functional groups attached to an aromatic ring is 2. The van der Waals surface area contributed by atoms with E-state index in [9.17, 15) is 0 Å². The fourth-order valence-electron chi connectivity index (χ4n) is 0.975. The molecule has 0 saturated heterocycles. The Morgan fingerprint density at radius 1 is 1.33 bits per heavy atom. The van der Waals surface area contributed by atoms with Crippen LogP contribution in [-0.2, 0) is 0 Å². The molecule has 0 bridgehead atoms. The van der Waals surface area contributed by atoms with Crippen LogP contribution in [-0.4, -0.2) is 7.11 Å². The van der Waals surface area contributed by atoms with Crippen LogP contribution in [0, 0.1) is 11.3 Å². The number of nitriles is 1. The minimum absolute atomic E-state index is 0.383. The second kappa shape index (κ2) is 3.01. The van der Waals surface area contributed by atoms with Gasteiger partial charge in [0.15, 0.2) is 5.75 Å². The highest BCUT2D eigenvalue weighted by Gasteiger charge is 2.05. The fraction of sp³-hybridized carbons (Fsp3) is 0.125. The molecule has 0 heterocycles. The third-order valence-electron chi connectivity index (χ3n) is 1.48. The molecule has 0 saturated carbocycles. The molecule has 0 aliphatic rings. The molecule has 0 aromatic heterocycles. The van der Waals surface area contributed by atoms with Gasteiger partial charge < -0.3 is 16.2 Å². The first-order valence-electron chi connectivity index (χ1n) is 3.32. The summed E-state index contributed by atoms with van der Waals surface area (Å²) >= 11 is 0. The lowest BCUT2D eigenvalue weighted by Crippen LogP contribution is -1.98. The number of nitrogens with zero attached hydrogens (tertiary/aromatic N) is 1. The van der Waals surface area contributed by atoms with Gasteiger partial charge in [-0.15, -0.1) is 0 Å². The molecule has 62 valence electrons. The number of hydrogen-bond acceptors (Lipinski definition) is 4. The third-order valence-corrected chi connectivity index (χ3v) is 1.48. The van der Waals surface area contributed by atoms with E-state index >= 15 is 0 Å². The maximum Gasteiger partial charge on any atom is 0.164 e. The van der Waals surface area contributed by atoms with Gasteiger partial charge in [-0.05, 0) is 12.1 Å². The van der Waals surface area contributed by atoms with E-state index in [4.69, 9.17) is 21.5 Å². The summed E-state index contributed by atoms with van der Waals surface area (Å²) in [4.78, 5) is 0. The van der Waals surface area contributed by atoms with Gasteiger partial charge in [-0.25, -0.2) is 0 Å². The zero-order valence-corrected chi connectivity index (χ0v) is 6.66. The summed E-state index contributed by atoms with van der Waals surface area (Å²) in [6.07, 6.45) is 0. The zero-order valence-electron chi connectivity index (χ0n) is 6.66. The first-order chi connectivity index (χ1) is 5.69. The number of benzene rings is 1. The molecule has 0 aliphatic carbocycles. The van der Waals surface area contributed by atoms with E-state index in [0.29, 0.717) is 22.7 Å². The minimum Gasteiger partial charge on any atom is -0.492 e. The Kier molecular flexibility index (Phi) is 2.06. The first-order valence-corrected chi connectivity index (χ1v) is 3.32. The van der Waals surface area contributed by atoms with Gasteiger partial charge in [0.25, 0.3) is 0 Å². The van der Waals surface area contributed by atoms with E-state index in [-0.39, 0.29) is 0 Å². The fourth-order valence-corrected chi connectivity index (χ4v) is 0.975. The van der Waals surface area contributed by atoms with Crippen molar-refractivity contribution in [3.8, 4) is 11.8 Å². The van der Waals surface area contributed by atoms with E-state index in [1.807, 2.05) is 6.07 Å². The topological polar surface area (TPSA) is 85.1 Å². The summed E-state index contributed by atoms with van der Waals surface area (Å²) in [6.45, 7) is 0. The predicted molar refractivity (Wildman–Crippen MR) is 46.5 cm³/mol. The lowest BCUT2D eigenvalue weighted by atomic mass is 10.2. The molecular weight excluding hydrogens is 154 g/mol. The predicted octanol–water partition coefficient (Wildman–Crippen LogP) is 0.731. The summed E-state index contributed by atoms with van der Waals surface area (Å²) in [7, 11) is 1.48. The highest BCUT2D eigenvalue weighted by Crippen LogP contribution is 2.29. The number of hydrogen-bond donors (Lipinski definition) is 2.